The van der Waals surface area contributed by atoms with E-state index in [2.05, 4.69) is 20.2 Å². The zero-order valence-electron chi connectivity index (χ0n) is 16.4. The van der Waals surface area contributed by atoms with Gasteiger partial charge in [0.05, 0.1) is 5.92 Å². The zero-order chi connectivity index (χ0) is 19.8. The monoisotopic (exact) mass is 374 g/mol. The molecule has 1 aromatic carbocycles. The molecule has 28 heavy (non-hydrogen) atoms. The van der Waals surface area contributed by atoms with Gasteiger partial charge in [-0.15, -0.1) is 0 Å². The fraction of sp³-hybridized carbons (Fsp3) is 0.261. The van der Waals surface area contributed by atoms with Crippen LogP contribution in [0.25, 0.3) is 0 Å². The molecule has 0 fully saturated rings. The highest BCUT2D eigenvalue weighted by molar-refractivity contribution is 5.83. The van der Waals surface area contributed by atoms with E-state index < -0.39 is 0 Å². The van der Waals surface area contributed by atoms with E-state index in [4.69, 9.17) is 0 Å². The van der Waals surface area contributed by atoms with Crippen molar-refractivity contribution in [1.82, 2.24) is 15.3 Å². The molecule has 0 radical (unpaired) electrons. The minimum Gasteiger partial charge on any atom is -0.359 e. The van der Waals surface area contributed by atoms with Crippen LogP contribution in [-0.2, 0) is 17.8 Å². The average Bonchev–Trinajstić information content (AvgIpc) is 2.76. The Kier molecular flexibility index (Phi) is 6.73. The minimum absolute atomic E-state index is 0.0112. The second-order valence-electron chi connectivity index (χ2n) is 6.83. The first-order valence-corrected chi connectivity index (χ1v) is 9.52. The number of anilines is 1. The number of amides is 1. The molecule has 0 aliphatic carbocycles. The summed E-state index contributed by atoms with van der Waals surface area (Å²) in [4.78, 5) is 23.6. The standard InChI is InChI=1S/C23H26N4O/c1-18(19-9-4-3-5-10-19)23(28)26-17-20-11-8-15-25-22(20)27(2)16-13-21-12-6-7-14-24-21/h3-12,14-15,18H,13,16-17H2,1-2H3,(H,26,28)/t18-/m0/s1. The molecule has 0 saturated carbocycles. The van der Waals surface area contributed by atoms with E-state index in [0.29, 0.717) is 6.54 Å². The average molecular weight is 374 g/mol. The van der Waals surface area contributed by atoms with Gasteiger partial charge in [0, 0.05) is 50.2 Å². The number of benzene rings is 1. The van der Waals surface area contributed by atoms with Gasteiger partial charge in [0.2, 0.25) is 5.91 Å². The molecule has 0 aliphatic rings. The summed E-state index contributed by atoms with van der Waals surface area (Å²) in [7, 11) is 2.02. The van der Waals surface area contributed by atoms with Crippen LogP contribution in [0.2, 0.25) is 0 Å². The maximum atomic E-state index is 12.6. The number of nitrogens with zero attached hydrogens (tertiary/aromatic N) is 3. The molecule has 2 aromatic heterocycles. The Morgan fingerprint density at radius 3 is 2.50 bits per heavy atom. The van der Waals surface area contributed by atoms with E-state index in [9.17, 15) is 4.79 Å². The summed E-state index contributed by atoms with van der Waals surface area (Å²) < 4.78 is 0. The summed E-state index contributed by atoms with van der Waals surface area (Å²) in [6, 6.07) is 19.7. The van der Waals surface area contributed by atoms with Crippen molar-refractivity contribution >= 4 is 11.7 Å². The first-order valence-electron chi connectivity index (χ1n) is 9.52. The molecule has 0 bridgehead atoms. The molecule has 0 saturated heterocycles. The number of hydrogen-bond acceptors (Lipinski definition) is 4. The van der Waals surface area contributed by atoms with Gasteiger partial charge in [-0.3, -0.25) is 9.78 Å². The molecule has 5 nitrogen and oxygen atoms in total. The molecule has 1 amide bonds. The molecule has 1 atom stereocenters. The number of hydrogen-bond donors (Lipinski definition) is 1. The lowest BCUT2D eigenvalue weighted by atomic mass is 10.0. The maximum Gasteiger partial charge on any atom is 0.227 e. The highest BCUT2D eigenvalue weighted by Gasteiger charge is 2.16. The van der Waals surface area contributed by atoms with Gasteiger partial charge in [0.15, 0.2) is 0 Å². The summed E-state index contributed by atoms with van der Waals surface area (Å²) in [6.07, 6.45) is 4.43. The largest absolute Gasteiger partial charge is 0.359 e. The number of pyridine rings is 2. The van der Waals surface area contributed by atoms with E-state index in [1.165, 1.54) is 0 Å². The van der Waals surface area contributed by atoms with Gasteiger partial charge in [0.25, 0.3) is 0 Å². The van der Waals surface area contributed by atoms with Crippen molar-refractivity contribution in [2.45, 2.75) is 25.8 Å². The number of likely N-dealkylation sites (N-methyl/N-ethyl adjacent to an activating group) is 1. The lowest BCUT2D eigenvalue weighted by Crippen LogP contribution is -2.29. The molecular weight excluding hydrogens is 348 g/mol. The van der Waals surface area contributed by atoms with Crippen LogP contribution in [0.1, 0.15) is 29.7 Å². The van der Waals surface area contributed by atoms with Gasteiger partial charge in [0.1, 0.15) is 5.82 Å². The van der Waals surface area contributed by atoms with Crippen LogP contribution in [0.4, 0.5) is 5.82 Å². The minimum atomic E-state index is -0.191. The lowest BCUT2D eigenvalue weighted by molar-refractivity contribution is -0.122. The van der Waals surface area contributed by atoms with Crippen molar-refractivity contribution in [1.29, 1.82) is 0 Å². The SMILES string of the molecule is C[C@H](C(=O)NCc1cccnc1N(C)CCc1ccccn1)c1ccccc1. The van der Waals surface area contributed by atoms with E-state index in [0.717, 1.165) is 35.6 Å². The van der Waals surface area contributed by atoms with Gasteiger partial charge in [-0.25, -0.2) is 4.98 Å². The second kappa shape index (κ2) is 9.65. The molecule has 0 unspecified atom stereocenters. The van der Waals surface area contributed by atoms with Crippen LogP contribution in [0, 0.1) is 0 Å². The number of aromatic nitrogens is 2. The van der Waals surface area contributed by atoms with Crippen molar-refractivity contribution in [2.24, 2.45) is 0 Å². The molecule has 3 aromatic rings. The summed E-state index contributed by atoms with van der Waals surface area (Å²) in [5, 5.41) is 3.05. The molecule has 2 heterocycles. The first-order chi connectivity index (χ1) is 13.6. The Morgan fingerprint density at radius 2 is 1.75 bits per heavy atom. The van der Waals surface area contributed by atoms with Crippen LogP contribution in [0.15, 0.2) is 73.1 Å². The zero-order valence-corrected chi connectivity index (χ0v) is 16.4. The molecule has 3 rings (SSSR count). The Morgan fingerprint density at radius 1 is 1.00 bits per heavy atom. The summed E-state index contributed by atoms with van der Waals surface area (Å²) in [6.45, 7) is 3.18. The molecular formula is C23H26N4O. The quantitative estimate of drug-likeness (QED) is 0.655. The van der Waals surface area contributed by atoms with Gasteiger partial charge in [-0.2, -0.15) is 0 Å². The van der Waals surface area contributed by atoms with Gasteiger partial charge in [-0.1, -0.05) is 42.5 Å². The molecule has 0 spiro atoms. The van der Waals surface area contributed by atoms with Crippen molar-refractivity contribution in [3.8, 4) is 0 Å². The summed E-state index contributed by atoms with van der Waals surface area (Å²) in [5.74, 6) is 0.700. The molecule has 5 heteroatoms. The van der Waals surface area contributed by atoms with Gasteiger partial charge >= 0.3 is 0 Å². The Hall–Kier alpha value is -3.21. The fourth-order valence-electron chi connectivity index (χ4n) is 3.07. The number of nitrogens with one attached hydrogen (secondary N) is 1. The number of carbonyl (C=O) groups is 1. The summed E-state index contributed by atoms with van der Waals surface area (Å²) in [5.41, 5.74) is 3.07. The highest BCUT2D eigenvalue weighted by Crippen LogP contribution is 2.18. The lowest BCUT2D eigenvalue weighted by Gasteiger charge is -2.21. The smallest absolute Gasteiger partial charge is 0.227 e. The predicted octanol–water partition coefficient (Wildman–Crippen LogP) is 3.58. The van der Waals surface area contributed by atoms with Crippen molar-refractivity contribution in [3.05, 3.63) is 89.9 Å². The van der Waals surface area contributed by atoms with Gasteiger partial charge in [-0.05, 0) is 30.7 Å². The third-order valence-electron chi connectivity index (χ3n) is 4.80. The summed E-state index contributed by atoms with van der Waals surface area (Å²) >= 11 is 0. The van der Waals surface area contributed by atoms with Crippen molar-refractivity contribution < 1.29 is 4.79 Å². The number of rotatable bonds is 8. The Labute approximate surface area is 166 Å². The molecule has 1 N–H and O–H groups in total. The third-order valence-corrected chi connectivity index (χ3v) is 4.80. The van der Waals surface area contributed by atoms with E-state index in [1.54, 1.807) is 6.20 Å². The normalized spacial score (nSPS) is 11.6. The van der Waals surface area contributed by atoms with E-state index in [-0.39, 0.29) is 11.8 Å². The third kappa shape index (κ3) is 5.16. The molecule has 144 valence electrons. The predicted molar refractivity (Wildman–Crippen MR) is 112 cm³/mol. The fourth-order valence-corrected chi connectivity index (χ4v) is 3.07. The van der Waals surface area contributed by atoms with Gasteiger partial charge < -0.3 is 10.2 Å². The second-order valence-corrected chi connectivity index (χ2v) is 6.83. The topological polar surface area (TPSA) is 58.1 Å². The first kappa shape index (κ1) is 19.5. The number of carbonyl (C=O) groups excluding carboxylic acids is 1. The van der Waals surface area contributed by atoms with Crippen LogP contribution >= 0.6 is 0 Å². The Bertz CT molecular complexity index is 883. The van der Waals surface area contributed by atoms with Crippen LogP contribution in [0.5, 0.6) is 0 Å². The van der Waals surface area contributed by atoms with E-state index >= 15 is 0 Å². The molecule has 0 aliphatic heterocycles. The maximum absolute atomic E-state index is 12.6. The van der Waals surface area contributed by atoms with Crippen LogP contribution < -0.4 is 10.2 Å². The Balaban J connectivity index is 1.61. The highest BCUT2D eigenvalue weighted by atomic mass is 16.1. The van der Waals surface area contributed by atoms with Crippen LogP contribution in [-0.4, -0.2) is 29.5 Å². The van der Waals surface area contributed by atoms with E-state index in [1.807, 2.05) is 80.8 Å². The van der Waals surface area contributed by atoms with Crippen LogP contribution in [0.3, 0.4) is 0 Å². The van der Waals surface area contributed by atoms with Crippen molar-refractivity contribution in [3.63, 3.8) is 0 Å². The van der Waals surface area contributed by atoms with Crippen molar-refractivity contribution in [2.75, 3.05) is 18.5 Å².